The van der Waals surface area contributed by atoms with Crippen LogP contribution in [0.2, 0.25) is 0 Å². The standard InChI is InChI=1S/C15H13NO.ClH/c1-17-12-15-9-14(10-16-11-15)8-7-13-5-3-2-4-6-13;/h2-6,9-11H,12H2,1H3;1H. The van der Waals surface area contributed by atoms with Gasteiger partial charge in [-0.3, -0.25) is 4.98 Å². The second-order valence-corrected chi connectivity index (χ2v) is 3.63. The van der Waals surface area contributed by atoms with E-state index < -0.39 is 0 Å². The predicted molar refractivity (Wildman–Crippen MR) is 74.6 cm³/mol. The van der Waals surface area contributed by atoms with E-state index in [2.05, 4.69) is 16.8 Å². The van der Waals surface area contributed by atoms with Crippen molar-refractivity contribution in [1.29, 1.82) is 0 Å². The maximum Gasteiger partial charge on any atom is 0.0728 e. The van der Waals surface area contributed by atoms with Gasteiger partial charge in [0.25, 0.3) is 0 Å². The lowest BCUT2D eigenvalue weighted by atomic mass is 10.2. The molecule has 0 saturated heterocycles. The Kier molecular flexibility index (Phi) is 5.93. The van der Waals surface area contributed by atoms with Crippen molar-refractivity contribution < 1.29 is 4.74 Å². The van der Waals surface area contributed by atoms with Gasteiger partial charge in [-0.2, -0.15) is 0 Å². The molecule has 92 valence electrons. The zero-order chi connectivity index (χ0) is 11.9. The van der Waals surface area contributed by atoms with Crippen molar-refractivity contribution in [2.75, 3.05) is 7.11 Å². The summed E-state index contributed by atoms with van der Waals surface area (Å²) < 4.78 is 5.06. The molecule has 0 fully saturated rings. The monoisotopic (exact) mass is 259 g/mol. The van der Waals surface area contributed by atoms with Crippen molar-refractivity contribution in [3.05, 3.63) is 65.5 Å². The number of aromatic nitrogens is 1. The first kappa shape index (κ1) is 14.2. The number of methoxy groups -OCH3 is 1. The molecule has 1 aromatic heterocycles. The number of benzene rings is 1. The average Bonchev–Trinajstić information content (AvgIpc) is 2.39. The molecule has 0 atom stereocenters. The van der Waals surface area contributed by atoms with Crippen LogP contribution in [-0.4, -0.2) is 12.1 Å². The Labute approximate surface area is 113 Å². The molecule has 18 heavy (non-hydrogen) atoms. The highest BCUT2D eigenvalue weighted by Crippen LogP contribution is 2.03. The number of hydrogen-bond donors (Lipinski definition) is 0. The van der Waals surface area contributed by atoms with Crippen molar-refractivity contribution in [3.63, 3.8) is 0 Å². The number of hydrogen-bond acceptors (Lipinski definition) is 2. The first-order valence-electron chi connectivity index (χ1n) is 5.38. The summed E-state index contributed by atoms with van der Waals surface area (Å²) in [6.07, 6.45) is 3.55. The number of pyridine rings is 1. The molecule has 2 nitrogen and oxygen atoms in total. The third kappa shape index (κ3) is 4.21. The second-order valence-electron chi connectivity index (χ2n) is 3.63. The number of ether oxygens (including phenoxy) is 1. The molecule has 1 heterocycles. The van der Waals surface area contributed by atoms with Crippen LogP contribution >= 0.6 is 12.4 Å². The molecular weight excluding hydrogens is 246 g/mol. The first-order chi connectivity index (χ1) is 8.38. The number of nitrogens with zero attached hydrogens (tertiary/aromatic N) is 1. The van der Waals surface area contributed by atoms with Crippen LogP contribution in [0.1, 0.15) is 16.7 Å². The van der Waals surface area contributed by atoms with Gasteiger partial charge in [-0.1, -0.05) is 30.0 Å². The van der Waals surface area contributed by atoms with Crippen LogP contribution in [0.25, 0.3) is 0 Å². The summed E-state index contributed by atoms with van der Waals surface area (Å²) in [7, 11) is 1.67. The molecule has 0 spiro atoms. The first-order valence-corrected chi connectivity index (χ1v) is 5.38. The van der Waals surface area contributed by atoms with Crippen LogP contribution in [0.15, 0.2) is 48.8 Å². The summed E-state index contributed by atoms with van der Waals surface area (Å²) in [6.45, 7) is 0.563. The molecule has 3 heteroatoms. The van der Waals surface area contributed by atoms with E-state index in [0.29, 0.717) is 6.61 Å². The molecule has 0 bridgehead atoms. The Bertz CT molecular complexity index is 543. The summed E-state index contributed by atoms with van der Waals surface area (Å²) in [5.41, 5.74) is 2.94. The van der Waals surface area contributed by atoms with Crippen LogP contribution in [0, 0.1) is 11.8 Å². The molecule has 0 amide bonds. The Balaban J connectivity index is 0.00000162. The SMILES string of the molecule is COCc1cncc(C#Cc2ccccc2)c1.Cl. The predicted octanol–water partition coefficient (Wildman–Crippen LogP) is 3.05. The summed E-state index contributed by atoms with van der Waals surface area (Å²) in [5.74, 6) is 6.19. The van der Waals surface area contributed by atoms with E-state index in [1.54, 1.807) is 19.5 Å². The summed E-state index contributed by atoms with van der Waals surface area (Å²) >= 11 is 0. The molecule has 0 aliphatic carbocycles. The molecule has 2 rings (SSSR count). The minimum atomic E-state index is 0. The molecule has 0 aliphatic rings. The molecule has 0 aliphatic heterocycles. The Morgan fingerprint density at radius 1 is 1.06 bits per heavy atom. The van der Waals surface area contributed by atoms with E-state index in [1.807, 2.05) is 36.4 Å². The van der Waals surface area contributed by atoms with E-state index in [1.165, 1.54) is 0 Å². The summed E-state index contributed by atoms with van der Waals surface area (Å²) in [5, 5.41) is 0. The quantitative estimate of drug-likeness (QED) is 0.774. The second kappa shape index (κ2) is 7.50. The highest BCUT2D eigenvalue weighted by molar-refractivity contribution is 5.85. The van der Waals surface area contributed by atoms with Crippen molar-refractivity contribution in [2.24, 2.45) is 0 Å². The van der Waals surface area contributed by atoms with Gasteiger partial charge in [0.15, 0.2) is 0 Å². The maximum absolute atomic E-state index is 5.06. The van der Waals surface area contributed by atoms with Gasteiger partial charge in [-0.25, -0.2) is 0 Å². The van der Waals surface area contributed by atoms with Gasteiger partial charge >= 0.3 is 0 Å². The lowest BCUT2D eigenvalue weighted by molar-refractivity contribution is 0.184. The van der Waals surface area contributed by atoms with Gasteiger partial charge in [0.05, 0.1) is 6.61 Å². The zero-order valence-electron chi connectivity index (χ0n) is 10.1. The third-order valence-corrected chi connectivity index (χ3v) is 2.23. The van der Waals surface area contributed by atoms with Crippen LogP contribution in [-0.2, 0) is 11.3 Å². The van der Waals surface area contributed by atoms with Gasteiger partial charge in [-0.15, -0.1) is 12.4 Å². The Hall–Kier alpha value is -1.82. The molecule has 2 aromatic rings. The molecule has 0 saturated carbocycles. The lowest BCUT2D eigenvalue weighted by Gasteiger charge is -1.98. The number of halogens is 1. The summed E-state index contributed by atoms with van der Waals surface area (Å²) in [6, 6.07) is 11.9. The highest BCUT2D eigenvalue weighted by atomic mass is 35.5. The molecular formula is C15H14ClNO. The van der Waals surface area contributed by atoms with Gasteiger partial charge < -0.3 is 4.74 Å². The maximum atomic E-state index is 5.06. The highest BCUT2D eigenvalue weighted by Gasteiger charge is 1.93. The average molecular weight is 260 g/mol. The van der Waals surface area contributed by atoms with Gasteiger partial charge in [-0.05, 0) is 23.8 Å². The van der Waals surface area contributed by atoms with Crippen molar-refractivity contribution in [1.82, 2.24) is 4.98 Å². The fourth-order valence-electron chi connectivity index (χ4n) is 1.47. The third-order valence-electron chi connectivity index (χ3n) is 2.23. The van der Waals surface area contributed by atoms with Crippen molar-refractivity contribution in [3.8, 4) is 11.8 Å². The number of rotatable bonds is 2. The normalized spacial score (nSPS) is 8.94. The minimum absolute atomic E-state index is 0. The fourth-order valence-corrected chi connectivity index (χ4v) is 1.47. The van der Waals surface area contributed by atoms with E-state index >= 15 is 0 Å². The van der Waals surface area contributed by atoms with Gasteiger partial charge in [0, 0.05) is 30.6 Å². The smallest absolute Gasteiger partial charge is 0.0728 e. The van der Waals surface area contributed by atoms with Crippen molar-refractivity contribution in [2.45, 2.75) is 6.61 Å². The Morgan fingerprint density at radius 2 is 1.78 bits per heavy atom. The van der Waals surface area contributed by atoms with E-state index in [-0.39, 0.29) is 12.4 Å². The van der Waals surface area contributed by atoms with Crippen LogP contribution in [0.4, 0.5) is 0 Å². The largest absolute Gasteiger partial charge is 0.380 e. The zero-order valence-corrected chi connectivity index (χ0v) is 10.9. The molecule has 0 unspecified atom stereocenters. The van der Waals surface area contributed by atoms with Crippen LogP contribution in [0.5, 0.6) is 0 Å². The van der Waals surface area contributed by atoms with Crippen molar-refractivity contribution >= 4 is 12.4 Å². The minimum Gasteiger partial charge on any atom is -0.380 e. The topological polar surface area (TPSA) is 22.1 Å². The lowest BCUT2D eigenvalue weighted by Crippen LogP contribution is -1.89. The van der Waals surface area contributed by atoms with Gasteiger partial charge in [0.1, 0.15) is 0 Å². The van der Waals surface area contributed by atoms with Crippen LogP contribution < -0.4 is 0 Å². The molecule has 1 aromatic carbocycles. The van der Waals surface area contributed by atoms with Crippen LogP contribution in [0.3, 0.4) is 0 Å². The van der Waals surface area contributed by atoms with E-state index in [0.717, 1.165) is 16.7 Å². The van der Waals surface area contributed by atoms with Gasteiger partial charge in [0.2, 0.25) is 0 Å². The van der Waals surface area contributed by atoms with E-state index in [4.69, 9.17) is 4.74 Å². The molecule has 0 radical (unpaired) electrons. The Morgan fingerprint density at radius 3 is 2.50 bits per heavy atom. The summed E-state index contributed by atoms with van der Waals surface area (Å²) in [4.78, 5) is 4.13. The van der Waals surface area contributed by atoms with E-state index in [9.17, 15) is 0 Å². The molecule has 0 N–H and O–H groups in total. The fraction of sp³-hybridized carbons (Fsp3) is 0.133.